The second-order valence-corrected chi connectivity index (χ2v) is 1.78. The molecule has 0 aromatic heterocycles. The van der Waals surface area contributed by atoms with Gasteiger partial charge in [0.15, 0.2) is 0 Å². The van der Waals surface area contributed by atoms with E-state index in [0.29, 0.717) is 0 Å². The Hall–Kier alpha value is 0.490. The van der Waals surface area contributed by atoms with Gasteiger partial charge in [0.05, 0.1) is 0 Å². The second-order valence-electron chi connectivity index (χ2n) is 0.751. The topological polar surface area (TPSA) is 211 Å². The molecule has 0 bridgehead atoms. The van der Waals surface area contributed by atoms with Gasteiger partial charge in [0.1, 0.15) is 0 Å². The van der Waals surface area contributed by atoms with Crippen LogP contribution in [0.25, 0.3) is 0 Å². The predicted octanol–water partition coefficient (Wildman–Crippen LogP) is -1.87. The summed E-state index contributed by atoms with van der Waals surface area (Å²) in [4.78, 5) is 29.9. The summed E-state index contributed by atoms with van der Waals surface area (Å²) in [6.45, 7) is 0. The summed E-state index contributed by atoms with van der Waals surface area (Å²) in [7, 11) is -4.64. The van der Waals surface area contributed by atoms with Gasteiger partial charge in [-0.25, -0.2) is 4.57 Å². The van der Waals surface area contributed by atoms with Crippen molar-refractivity contribution in [3.63, 3.8) is 0 Å². The van der Waals surface area contributed by atoms with E-state index in [-0.39, 0.29) is 50.0 Å². The van der Waals surface area contributed by atoms with Gasteiger partial charge in [-0.15, -0.1) is 10.1 Å². The van der Waals surface area contributed by atoms with Gasteiger partial charge in [0, 0.05) is 0 Å². The Balaban J connectivity index is -0.0000000221. The van der Waals surface area contributed by atoms with Crippen LogP contribution in [0.2, 0.25) is 0 Å². The molecule has 0 spiro atoms. The molecule has 10 N–H and O–H groups in total. The summed E-state index contributed by atoms with van der Waals surface area (Å²) in [5.74, 6) is 0. The van der Waals surface area contributed by atoms with Crippen molar-refractivity contribution in [1.29, 1.82) is 0 Å². The van der Waals surface area contributed by atoms with E-state index >= 15 is 0 Å². The first-order chi connectivity index (χ1) is 3.73. The Morgan fingerprint density at radius 1 is 1.17 bits per heavy atom. The number of hydrogen-bond donors (Lipinski definition) is 6. The summed E-state index contributed by atoms with van der Waals surface area (Å²) >= 11 is 0. The quantitative estimate of drug-likeness (QED) is 0.120. The van der Waals surface area contributed by atoms with Crippen LogP contribution in [0.15, 0.2) is 0 Å². The van der Waals surface area contributed by atoms with E-state index < -0.39 is 12.9 Å². The van der Waals surface area contributed by atoms with E-state index in [2.05, 4.69) is 0 Å². The van der Waals surface area contributed by atoms with Crippen molar-refractivity contribution in [2.75, 3.05) is 0 Å². The first-order valence-corrected chi connectivity index (χ1v) is 2.91. The molecule has 0 saturated carbocycles. The van der Waals surface area contributed by atoms with Gasteiger partial charge in [-0.3, -0.25) is 0 Å². The number of rotatable bonds is 0. The third-order valence-electron chi connectivity index (χ3n) is 0. The van der Waals surface area contributed by atoms with Crippen LogP contribution < -0.4 is 12.3 Å². The Morgan fingerprint density at radius 3 is 1.17 bits per heavy atom. The van der Waals surface area contributed by atoms with Crippen LogP contribution in [0.3, 0.4) is 0 Å². The Kier molecular flexibility index (Phi) is 34.4. The zero-order valence-corrected chi connectivity index (χ0v) is 6.22. The fraction of sp³-hybridized carbons (Fsp3) is 0. The standard InChI is InChI=1S/Ca.HNO3.2H3N.H3O4P.2H/c;2-1(3)4;;;1-5(2,3)4;;/h;(H,2,3,4);2*1H3;(H3,1,2,3,4);;. The van der Waals surface area contributed by atoms with Crippen LogP contribution in [-0.2, 0) is 4.57 Å². The third kappa shape index (κ3) is 3940. The Morgan fingerprint density at radius 2 is 1.17 bits per heavy atom. The van der Waals surface area contributed by atoms with Gasteiger partial charge in [-0.2, -0.15) is 0 Å². The number of nitrogens with zero attached hydrogens (tertiary/aromatic N) is 1. The average Bonchev–Trinajstić information content (AvgIpc) is 1.19. The molecule has 0 saturated heterocycles. The normalized spacial score (nSPS) is 6.92. The molecule has 0 fully saturated rings. The van der Waals surface area contributed by atoms with Crippen LogP contribution in [0.4, 0.5) is 0 Å². The van der Waals surface area contributed by atoms with Crippen molar-refractivity contribution in [1.82, 2.24) is 12.3 Å². The number of phosphoric acid groups is 1. The predicted molar refractivity (Wildman–Crippen MR) is 41.6 cm³/mol. The van der Waals surface area contributed by atoms with Gasteiger partial charge in [-0.05, 0) is 0 Å². The van der Waals surface area contributed by atoms with E-state index in [1.54, 1.807) is 0 Å². The molecule has 0 atom stereocenters. The molecule has 10 nitrogen and oxygen atoms in total. The van der Waals surface area contributed by atoms with Crippen LogP contribution in [0.5, 0.6) is 0 Å². The Labute approximate surface area is 97.1 Å². The van der Waals surface area contributed by atoms with E-state index in [0.717, 1.165) is 0 Å². The van der Waals surface area contributed by atoms with Crippen molar-refractivity contribution in [3.8, 4) is 0 Å². The summed E-state index contributed by atoms with van der Waals surface area (Å²) in [6, 6.07) is 0. The Bertz CT molecular complexity index is 118. The van der Waals surface area contributed by atoms with Gasteiger partial charge in [0.25, 0.3) is 5.09 Å². The summed E-state index contributed by atoms with van der Waals surface area (Å²) in [6.07, 6.45) is 0. The van der Waals surface area contributed by atoms with Gasteiger partial charge >= 0.3 is 45.6 Å². The van der Waals surface area contributed by atoms with E-state index in [1.807, 2.05) is 0 Å². The third-order valence-corrected chi connectivity index (χ3v) is 0. The molecule has 0 aromatic rings. The molecular weight excluding hydrogens is 225 g/mol. The molecule has 0 amide bonds. The molecule has 0 unspecified atom stereocenters. The summed E-state index contributed by atoms with van der Waals surface area (Å²) in [5.41, 5.74) is 0. The van der Waals surface area contributed by atoms with Crippen molar-refractivity contribution < 1.29 is 29.5 Å². The SMILES string of the molecule is N.N.O=P(O)(O)O.O=[N+]([O-])O.[CaH2]. The van der Waals surface area contributed by atoms with Crippen molar-refractivity contribution >= 4 is 45.6 Å². The van der Waals surface area contributed by atoms with Crippen LogP contribution in [-0.4, -0.2) is 62.7 Å². The van der Waals surface area contributed by atoms with Gasteiger partial charge in [-0.1, -0.05) is 0 Å². The molecule has 0 aliphatic rings. The molecule has 12 heavy (non-hydrogen) atoms. The van der Waals surface area contributed by atoms with Crippen molar-refractivity contribution in [2.45, 2.75) is 0 Å². The fourth-order valence-corrected chi connectivity index (χ4v) is 0. The van der Waals surface area contributed by atoms with Gasteiger partial charge in [0.2, 0.25) is 0 Å². The molecule has 0 aromatic carbocycles. The van der Waals surface area contributed by atoms with E-state index in [1.165, 1.54) is 0 Å². The molecule has 12 heteroatoms. The maximum atomic E-state index is 8.88. The van der Waals surface area contributed by atoms with Crippen LogP contribution in [0, 0.1) is 10.1 Å². The molecule has 0 aliphatic carbocycles. The van der Waals surface area contributed by atoms with Crippen molar-refractivity contribution in [2.24, 2.45) is 0 Å². The maximum absolute atomic E-state index is 8.88. The molecule has 0 heterocycles. The fourth-order valence-electron chi connectivity index (χ4n) is 0. The number of hydrogen-bond acceptors (Lipinski definition) is 5. The minimum absolute atomic E-state index is 0. The summed E-state index contributed by atoms with van der Waals surface area (Å²) in [5, 5.41) is 13.6. The monoisotopic (exact) mass is 237 g/mol. The van der Waals surface area contributed by atoms with Crippen molar-refractivity contribution in [3.05, 3.63) is 10.1 Å². The van der Waals surface area contributed by atoms with Crippen LogP contribution in [0.1, 0.15) is 0 Å². The molecular formula is H12CaN3O7P. The average molecular weight is 237 g/mol. The zero-order chi connectivity index (χ0) is 8.08. The minimum atomic E-state index is -4.64. The first kappa shape index (κ1) is 29.4. The molecule has 0 radical (unpaired) electrons. The molecule has 76 valence electrons. The molecule has 0 aliphatic heterocycles. The summed E-state index contributed by atoms with van der Waals surface area (Å²) < 4.78 is 8.88. The second kappa shape index (κ2) is 14.0. The van der Waals surface area contributed by atoms with E-state index in [9.17, 15) is 0 Å². The zero-order valence-electron chi connectivity index (χ0n) is 5.32. The molecule has 0 rings (SSSR count). The van der Waals surface area contributed by atoms with E-state index in [4.69, 9.17) is 34.6 Å². The first-order valence-electron chi connectivity index (χ1n) is 1.35. The van der Waals surface area contributed by atoms with Crippen LogP contribution >= 0.6 is 7.82 Å². The van der Waals surface area contributed by atoms with Gasteiger partial charge < -0.3 is 32.2 Å².